The van der Waals surface area contributed by atoms with Gasteiger partial charge in [0.1, 0.15) is 10.6 Å². The van der Waals surface area contributed by atoms with E-state index in [0.29, 0.717) is 46.2 Å². The van der Waals surface area contributed by atoms with Gasteiger partial charge in [-0.25, -0.2) is 9.36 Å². The van der Waals surface area contributed by atoms with Crippen LogP contribution in [0.2, 0.25) is 5.02 Å². The SMILES string of the molecule is COc1cccc(Cn2c(=O)n(-c3ccccc3Cl)c(=O)c3c4c(sc32)CN(C(C)=O)CC4)c1. The Morgan fingerprint density at radius 3 is 2.68 bits per heavy atom. The van der Waals surface area contributed by atoms with Crippen molar-refractivity contribution in [3.63, 3.8) is 0 Å². The molecule has 0 unspecified atom stereocenters. The van der Waals surface area contributed by atoms with Gasteiger partial charge in [-0.15, -0.1) is 11.3 Å². The lowest BCUT2D eigenvalue weighted by molar-refractivity contribution is -0.129. The van der Waals surface area contributed by atoms with E-state index < -0.39 is 5.69 Å². The maximum absolute atomic E-state index is 13.8. The largest absolute Gasteiger partial charge is 0.497 e. The summed E-state index contributed by atoms with van der Waals surface area (Å²) in [6.45, 7) is 2.77. The lowest BCUT2D eigenvalue weighted by Crippen LogP contribution is -2.39. The molecule has 4 aromatic rings. The number of thiophene rings is 1. The van der Waals surface area contributed by atoms with Crippen molar-refractivity contribution in [1.29, 1.82) is 0 Å². The predicted octanol–water partition coefficient (Wildman–Crippen LogP) is 3.83. The molecule has 9 heteroatoms. The topological polar surface area (TPSA) is 73.5 Å². The van der Waals surface area contributed by atoms with E-state index in [-0.39, 0.29) is 18.0 Å². The summed E-state index contributed by atoms with van der Waals surface area (Å²) < 4.78 is 8.13. The summed E-state index contributed by atoms with van der Waals surface area (Å²) >= 11 is 7.82. The zero-order valence-corrected chi connectivity index (χ0v) is 20.3. The molecule has 174 valence electrons. The molecule has 0 bridgehead atoms. The highest BCUT2D eigenvalue weighted by atomic mass is 35.5. The van der Waals surface area contributed by atoms with Gasteiger partial charge in [0, 0.05) is 18.3 Å². The van der Waals surface area contributed by atoms with Crippen molar-refractivity contribution in [3.8, 4) is 11.4 Å². The minimum atomic E-state index is -0.463. The van der Waals surface area contributed by atoms with Gasteiger partial charge in [0.2, 0.25) is 5.91 Å². The molecule has 2 aromatic heterocycles. The van der Waals surface area contributed by atoms with Crippen LogP contribution in [0, 0.1) is 0 Å². The highest BCUT2D eigenvalue weighted by Crippen LogP contribution is 2.34. The molecule has 2 aromatic carbocycles. The Kier molecular flexibility index (Phi) is 5.79. The molecule has 1 amide bonds. The molecule has 0 saturated carbocycles. The second kappa shape index (κ2) is 8.77. The van der Waals surface area contributed by atoms with Crippen LogP contribution in [-0.4, -0.2) is 33.6 Å². The molecule has 0 spiro atoms. The van der Waals surface area contributed by atoms with E-state index in [0.717, 1.165) is 20.6 Å². The van der Waals surface area contributed by atoms with E-state index in [1.54, 1.807) is 47.8 Å². The first-order chi connectivity index (χ1) is 16.4. The number of methoxy groups -OCH3 is 1. The molecule has 1 aliphatic heterocycles. The van der Waals surface area contributed by atoms with Crippen LogP contribution >= 0.6 is 22.9 Å². The van der Waals surface area contributed by atoms with Crippen molar-refractivity contribution in [2.45, 2.75) is 26.4 Å². The molecule has 5 rings (SSSR count). The van der Waals surface area contributed by atoms with Gasteiger partial charge < -0.3 is 9.64 Å². The normalized spacial score (nSPS) is 13.2. The number of benzene rings is 2. The first-order valence-electron chi connectivity index (χ1n) is 10.8. The van der Waals surface area contributed by atoms with Crippen molar-refractivity contribution in [2.75, 3.05) is 13.7 Å². The van der Waals surface area contributed by atoms with Crippen LogP contribution in [0.4, 0.5) is 0 Å². The monoisotopic (exact) mass is 495 g/mol. The van der Waals surface area contributed by atoms with E-state index in [1.807, 2.05) is 24.3 Å². The summed E-state index contributed by atoms with van der Waals surface area (Å²) in [6, 6.07) is 14.3. The second-order valence-corrected chi connectivity index (χ2v) is 9.68. The molecular weight excluding hydrogens is 474 g/mol. The van der Waals surface area contributed by atoms with Crippen LogP contribution in [0.15, 0.2) is 58.1 Å². The van der Waals surface area contributed by atoms with Crippen molar-refractivity contribution in [3.05, 3.63) is 90.4 Å². The summed E-state index contributed by atoms with van der Waals surface area (Å²) in [7, 11) is 1.59. The number of ether oxygens (including phenoxy) is 1. The fourth-order valence-corrected chi connectivity index (χ4v) is 5.98. The van der Waals surface area contributed by atoms with Gasteiger partial charge in [-0.3, -0.25) is 14.2 Å². The van der Waals surface area contributed by atoms with Crippen LogP contribution in [0.3, 0.4) is 0 Å². The molecule has 34 heavy (non-hydrogen) atoms. The fraction of sp³-hybridized carbons (Fsp3) is 0.240. The Hall–Kier alpha value is -3.36. The van der Waals surface area contributed by atoms with E-state index in [2.05, 4.69) is 0 Å². The number of halogens is 1. The van der Waals surface area contributed by atoms with Crippen molar-refractivity contribution >= 4 is 39.1 Å². The van der Waals surface area contributed by atoms with Gasteiger partial charge in [0.25, 0.3) is 5.56 Å². The number of amides is 1. The number of carbonyl (C=O) groups is 1. The van der Waals surface area contributed by atoms with Crippen LogP contribution in [0.5, 0.6) is 5.75 Å². The summed E-state index contributed by atoms with van der Waals surface area (Å²) in [6.07, 6.45) is 0.560. The molecule has 3 heterocycles. The molecule has 1 aliphatic rings. The van der Waals surface area contributed by atoms with Gasteiger partial charge in [-0.1, -0.05) is 35.9 Å². The van der Waals surface area contributed by atoms with Crippen molar-refractivity contribution in [2.24, 2.45) is 0 Å². The number of nitrogens with zero attached hydrogens (tertiary/aromatic N) is 3. The number of rotatable bonds is 4. The second-order valence-electron chi connectivity index (χ2n) is 8.19. The Morgan fingerprint density at radius 1 is 1.15 bits per heavy atom. The number of aromatic nitrogens is 2. The molecule has 0 saturated heterocycles. The first kappa shape index (κ1) is 22.4. The van der Waals surface area contributed by atoms with Crippen molar-refractivity contribution < 1.29 is 9.53 Å². The molecule has 0 atom stereocenters. The fourth-order valence-electron chi connectivity index (χ4n) is 4.41. The van der Waals surface area contributed by atoms with E-state index in [4.69, 9.17) is 16.3 Å². The van der Waals surface area contributed by atoms with Gasteiger partial charge in [0.05, 0.1) is 36.3 Å². The van der Waals surface area contributed by atoms with Gasteiger partial charge in [0.15, 0.2) is 0 Å². The lowest BCUT2D eigenvalue weighted by Gasteiger charge is -2.25. The summed E-state index contributed by atoms with van der Waals surface area (Å²) in [4.78, 5) is 42.8. The Bertz CT molecular complexity index is 1550. The third kappa shape index (κ3) is 3.73. The van der Waals surface area contributed by atoms with Gasteiger partial charge >= 0.3 is 5.69 Å². The highest BCUT2D eigenvalue weighted by molar-refractivity contribution is 7.18. The zero-order valence-electron chi connectivity index (χ0n) is 18.7. The Morgan fingerprint density at radius 2 is 1.94 bits per heavy atom. The lowest BCUT2D eigenvalue weighted by atomic mass is 10.1. The molecule has 7 nitrogen and oxygen atoms in total. The standard InChI is InChI=1S/C25H22ClN3O4S/c1-15(30)27-11-10-18-21(14-27)34-24-22(18)23(31)29(20-9-4-3-8-19(20)26)25(32)28(24)13-16-6-5-7-17(12-16)33-2/h3-9,12H,10-11,13-14H2,1-2H3. The highest BCUT2D eigenvalue weighted by Gasteiger charge is 2.28. The van der Waals surface area contributed by atoms with E-state index in [9.17, 15) is 14.4 Å². The Labute approximate surface area is 204 Å². The summed E-state index contributed by atoms with van der Waals surface area (Å²) in [5, 5.41) is 0.839. The molecule has 0 aliphatic carbocycles. The first-order valence-corrected chi connectivity index (χ1v) is 12.0. The average molecular weight is 496 g/mol. The third-order valence-electron chi connectivity index (χ3n) is 6.14. The number of hydrogen-bond donors (Lipinski definition) is 0. The maximum atomic E-state index is 13.8. The van der Waals surface area contributed by atoms with Gasteiger partial charge in [-0.05, 0) is 41.8 Å². The van der Waals surface area contributed by atoms with Gasteiger partial charge in [-0.2, -0.15) is 0 Å². The quantitative estimate of drug-likeness (QED) is 0.431. The predicted molar refractivity (Wildman–Crippen MR) is 134 cm³/mol. The van der Waals surface area contributed by atoms with Crippen LogP contribution in [-0.2, 0) is 24.3 Å². The van der Waals surface area contributed by atoms with E-state index >= 15 is 0 Å². The average Bonchev–Trinajstić information content (AvgIpc) is 3.22. The molecule has 0 N–H and O–H groups in total. The number of hydrogen-bond acceptors (Lipinski definition) is 5. The van der Waals surface area contributed by atoms with Crippen LogP contribution in [0.25, 0.3) is 15.9 Å². The molecule has 0 radical (unpaired) electrons. The zero-order chi connectivity index (χ0) is 24.0. The third-order valence-corrected chi connectivity index (χ3v) is 7.70. The minimum absolute atomic E-state index is 0.00893. The van der Waals surface area contributed by atoms with Crippen molar-refractivity contribution in [1.82, 2.24) is 14.0 Å². The number of para-hydroxylation sites is 1. The molecular formula is C25H22ClN3O4S. The maximum Gasteiger partial charge on any atom is 0.337 e. The van der Waals surface area contributed by atoms with Crippen LogP contribution in [0.1, 0.15) is 22.9 Å². The summed E-state index contributed by atoms with van der Waals surface area (Å²) in [5.74, 6) is 0.675. The number of fused-ring (bicyclic) bond motifs is 3. The molecule has 0 fully saturated rings. The minimum Gasteiger partial charge on any atom is -0.497 e. The van der Waals surface area contributed by atoms with E-state index in [1.165, 1.54) is 11.3 Å². The Balaban J connectivity index is 1.80. The number of carbonyl (C=O) groups excluding carboxylic acids is 1. The summed E-state index contributed by atoms with van der Waals surface area (Å²) in [5.41, 5.74) is 1.27. The smallest absolute Gasteiger partial charge is 0.337 e. The van der Waals surface area contributed by atoms with Crippen LogP contribution < -0.4 is 16.0 Å².